The Balaban J connectivity index is 1.69. The Hall–Kier alpha value is -2.85. The van der Waals surface area contributed by atoms with Crippen LogP contribution in [0.25, 0.3) is 11.0 Å². The van der Waals surface area contributed by atoms with Crippen molar-refractivity contribution in [1.29, 1.82) is 0 Å². The molecule has 0 radical (unpaired) electrons. The SMILES string of the molecule is CCOCCNc1nc(SCC)nc2c1cnn2CCNC(=O)c1cccc(OC)c1. The number of carbonyl (C=O) groups excluding carboxylic acids is 1. The van der Waals surface area contributed by atoms with Gasteiger partial charge in [0.25, 0.3) is 5.91 Å². The van der Waals surface area contributed by atoms with Gasteiger partial charge in [0.05, 0.1) is 31.8 Å². The number of anilines is 1. The van der Waals surface area contributed by atoms with Crippen molar-refractivity contribution in [3.63, 3.8) is 0 Å². The lowest BCUT2D eigenvalue weighted by atomic mass is 10.2. The monoisotopic (exact) mass is 444 g/mol. The Morgan fingerprint density at radius 2 is 2.10 bits per heavy atom. The molecule has 1 aromatic carbocycles. The average molecular weight is 445 g/mol. The molecule has 0 spiro atoms. The third-order valence-corrected chi connectivity index (χ3v) is 5.16. The first-order valence-electron chi connectivity index (χ1n) is 10.3. The molecule has 9 nitrogen and oxygen atoms in total. The van der Waals surface area contributed by atoms with Gasteiger partial charge < -0.3 is 20.1 Å². The van der Waals surface area contributed by atoms with Crippen molar-refractivity contribution in [3.05, 3.63) is 36.0 Å². The first-order valence-corrected chi connectivity index (χ1v) is 11.2. The number of thioether (sulfide) groups is 1. The molecule has 2 aromatic heterocycles. The molecule has 2 N–H and O–H groups in total. The second-order valence-corrected chi connectivity index (χ2v) is 7.74. The van der Waals surface area contributed by atoms with E-state index in [-0.39, 0.29) is 5.91 Å². The molecular formula is C21H28N6O3S. The largest absolute Gasteiger partial charge is 0.497 e. The topological polar surface area (TPSA) is 103 Å². The minimum Gasteiger partial charge on any atom is -0.497 e. The number of rotatable bonds is 12. The molecule has 3 aromatic rings. The van der Waals surface area contributed by atoms with E-state index in [4.69, 9.17) is 9.47 Å². The van der Waals surface area contributed by atoms with Gasteiger partial charge in [-0.3, -0.25) is 4.79 Å². The summed E-state index contributed by atoms with van der Waals surface area (Å²) in [4.78, 5) is 21.7. The van der Waals surface area contributed by atoms with Crippen molar-refractivity contribution in [2.75, 3.05) is 44.5 Å². The maximum atomic E-state index is 12.4. The first-order chi connectivity index (χ1) is 15.2. The van der Waals surface area contributed by atoms with E-state index >= 15 is 0 Å². The van der Waals surface area contributed by atoms with Crippen LogP contribution in [0.5, 0.6) is 5.75 Å². The number of amides is 1. The lowest BCUT2D eigenvalue weighted by Gasteiger charge is -2.10. The molecular weight excluding hydrogens is 416 g/mol. The first kappa shape index (κ1) is 22.8. The van der Waals surface area contributed by atoms with Crippen LogP contribution in [0.1, 0.15) is 24.2 Å². The average Bonchev–Trinajstić information content (AvgIpc) is 3.20. The second kappa shape index (κ2) is 11.5. The number of ether oxygens (including phenoxy) is 2. The van der Waals surface area contributed by atoms with E-state index in [1.807, 2.05) is 6.92 Å². The summed E-state index contributed by atoms with van der Waals surface area (Å²) in [6.45, 7) is 6.87. The predicted molar refractivity (Wildman–Crippen MR) is 122 cm³/mol. The Morgan fingerprint density at radius 1 is 1.23 bits per heavy atom. The summed E-state index contributed by atoms with van der Waals surface area (Å²) in [6.07, 6.45) is 1.75. The molecule has 0 atom stereocenters. The number of nitrogens with one attached hydrogen (secondary N) is 2. The molecule has 0 aliphatic heterocycles. The summed E-state index contributed by atoms with van der Waals surface area (Å²) >= 11 is 1.57. The van der Waals surface area contributed by atoms with Crippen molar-refractivity contribution >= 4 is 34.5 Å². The number of aromatic nitrogens is 4. The van der Waals surface area contributed by atoms with E-state index in [0.29, 0.717) is 49.3 Å². The highest BCUT2D eigenvalue weighted by molar-refractivity contribution is 7.99. The Labute approximate surface area is 185 Å². The maximum absolute atomic E-state index is 12.4. The van der Waals surface area contributed by atoms with Gasteiger partial charge in [0.15, 0.2) is 10.8 Å². The normalized spacial score (nSPS) is 10.9. The van der Waals surface area contributed by atoms with Crippen LogP contribution < -0.4 is 15.4 Å². The number of hydrogen-bond donors (Lipinski definition) is 2. The summed E-state index contributed by atoms with van der Waals surface area (Å²) < 4.78 is 12.4. The second-order valence-electron chi connectivity index (χ2n) is 6.50. The lowest BCUT2D eigenvalue weighted by Crippen LogP contribution is -2.27. The third kappa shape index (κ3) is 6.08. The van der Waals surface area contributed by atoms with Gasteiger partial charge in [0.1, 0.15) is 11.6 Å². The molecule has 0 bridgehead atoms. The van der Waals surface area contributed by atoms with Crippen LogP contribution in [0.3, 0.4) is 0 Å². The number of carbonyl (C=O) groups is 1. The van der Waals surface area contributed by atoms with Crippen molar-refractivity contribution in [2.24, 2.45) is 0 Å². The zero-order valence-corrected chi connectivity index (χ0v) is 18.9. The predicted octanol–water partition coefficient (Wildman–Crippen LogP) is 2.83. The van der Waals surface area contributed by atoms with Crippen LogP contribution in [0.4, 0.5) is 5.82 Å². The van der Waals surface area contributed by atoms with E-state index in [1.54, 1.807) is 54.0 Å². The highest BCUT2D eigenvalue weighted by atomic mass is 32.2. The summed E-state index contributed by atoms with van der Waals surface area (Å²) in [5.41, 5.74) is 1.29. The highest BCUT2D eigenvalue weighted by Gasteiger charge is 2.14. The zero-order valence-electron chi connectivity index (χ0n) is 18.1. The fourth-order valence-electron chi connectivity index (χ4n) is 2.96. The molecule has 0 aliphatic carbocycles. The van der Waals surface area contributed by atoms with Gasteiger partial charge in [0.2, 0.25) is 0 Å². The van der Waals surface area contributed by atoms with Crippen LogP contribution in [0.2, 0.25) is 0 Å². The summed E-state index contributed by atoms with van der Waals surface area (Å²) in [7, 11) is 1.58. The van der Waals surface area contributed by atoms with Crippen LogP contribution in [-0.4, -0.2) is 64.8 Å². The molecule has 166 valence electrons. The van der Waals surface area contributed by atoms with Crippen molar-refractivity contribution in [3.8, 4) is 5.75 Å². The molecule has 2 heterocycles. The fourth-order valence-corrected chi connectivity index (χ4v) is 3.52. The molecule has 10 heteroatoms. The van der Waals surface area contributed by atoms with Crippen molar-refractivity contribution in [1.82, 2.24) is 25.1 Å². The van der Waals surface area contributed by atoms with Gasteiger partial charge in [-0.05, 0) is 30.9 Å². The molecule has 0 saturated carbocycles. The molecule has 0 unspecified atom stereocenters. The van der Waals surface area contributed by atoms with Gasteiger partial charge >= 0.3 is 0 Å². The van der Waals surface area contributed by atoms with E-state index < -0.39 is 0 Å². The van der Waals surface area contributed by atoms with Crippen LogP contribution in [-0.2, 0) is 11.3 Å². The Morgan fingerprint density at radius 3 is 2.87 bits per heavy atom. The van der Waals surface area contributed by atoms with Gasteiger partial charge in [-0.2, -0.15) is 5.10 Å². The summed E-state index contributed by atoms with van der Waals surface area (Å²) in [5.74, 6) is 2.10. The molecule has 3 rings (SSSR count). The molecule has 0 aliphatic rings. The van der Waals surface area contributed by atoms with Gasteiger partial charge in [0, 0.05) is 25.3 Å². The van der Waals surface area contributed by atoms with Crippen LogP contribution >= 0.6 is 11.8 Å². The lowest BCUT2D eigenvalue weighted by molar-refractivity contribution is 0.0951. The fraction of sp³-hybridized carbons (Fsp3) is 0.429. The minimum atomic E-state index is -0.162. The number of methoxy groups -OCH3 is 1. The molecule has 31 heavy (non-hydrogen) atoms. The van der Waals surface area contributed by atoms with Gasteiger partial charge in [-0.1, -0.05) is 24.8 Å². The number of benzene rings is 1. The highest BCUT2D eigenvalue weighted by Crippen LogP contribution is 2.24. The van der Waals surface area contributed by atoms with E-state index in [0.717, 1.165) is 22.6 Å². The van der Waals surface area contributed by atoms with E-state index in [1.165, 1.54) is 0 Å². The number of nitrogens with zero attached hydrogens (tertiary/aromatic N) is 4. The summed E-state index contributed by atoms with van der Waals surface area (Å²) in [6, 6.07) is 7.06. The van der Waals surface area contributed by atoms with Gasteiger partial charge in [-0.25, -0.2) is 14.6 Å². The third-order valence-electron chi connectivity index (χ3n) is 4.43. The Kier molecular flexibility index (Phi) is 8.48. The van der Waals surface area contributed by atoms with Crippen LogP contribution in [0.15, 0.2) is 35.6 Å². The van der Waals surface area contributed by atoms with E-state index in [9.17, 15) is 4.79 Å². The summed E-state index contributed by atoms with van der Waals surface area (Å²) in [5, 5.41) is 12.2. The van der Waals surface area contributed by atoms with Gasteiger partial charge in [-0.15, -0.1) is 0 Å². The Bertz CT molecular complexity index is 1010. The number of hydrogen-bond acceptors (Lipinski definition) is 8. The molecule has 0 fully saturated rings. The number of fused-ring (bicyclic) bond motifs is 1. The van der Waals surface area contributed by atoms with Crippen molar-refractivity contribution in [2.45, 2.75) is 25.5 Å². The zero-order chi connectivity index (χ0) is 22.1. The molecule has 0 saturated heterocycles. The quantitative estimate of drug-likeness (QED) is 0.250. The van der Waals surface area contributed by atoms with Crippen molar-refractivity contribution < 1.29 is 14.3 Å². The maximum Gasteiger partial charge on any atom is 0.251 e. The van der Waals surface area contributed by atoms with E-state index in [2.05, 4.69) is 32.6 Å². The standard InChI is InChI=1S/C21H28N6O3S/c1-4-30-12-10-22-18-17-14-24-27(19(17)26-21(25-18)31-5-2)11-9-23-20(28)15-7-6-8-16(13-15)29-3/h6-8,13-14H,4-5,9-12H2,1-3H3,(H,23,28)(H,22,25,26). The molecule has 1 amide bonds. The minimum absolute atomic E-state index is 0.162. The smallest absolute Gasteiger partial charge is 0.251 e. The van der Waals surface area contributed by atoms with Crippen LogP contribution in [0, 0.1) is 0 Å².